The Morgan fingerprint density at radius 1 is 1.22 bits per heavy atom. The SMILES string of the molecule is COc1cc(Cc2c(Cl)[nH]c(C)nc2=S)c(C(C)C)cc1OC. The lowest BCUT2D eigenvalue weighted by atomic mass is 9.93. The molecule has 0 fully saturated rings. The first kappa shape index (κ1) is 17.8. The number of H-pyrrole nitrogens is 1. The molecule has 0 aliphatic carbocycles. The molecule has 1 aromatic heterocycles. The van der Waals surface area contributed by atoms with Crippen molar-refractivity contribution in [3.05, 3.63) is 44.4 Å². The molecule has 1 aromatic carbocycles. The van der Waals surface area contributed by atoms with E-state index in [1.54, 1.807) is 14.2 Å². The molecule has 0 spiro atoms. The van der Waals surface area contributed by atoms with Crippen molar-refractivity contribution in [3.8, 4) is 11.5 Å². The summed E-state index contributed by atoms with van der Waals surface area (Å²) in [4.78, 5) is 7.33. The van der Waals surface area contributed by atoms with E-state index < -0.39 is 0 Å². The molecule has 23 heavy (non-hydrogen) atoms. The summed E-state index contributed by atoms with van der Waals surface area (Å²) in [5.41, 5.74) is 3.10. The zero-order valence-corrected chi connectivity index (χ0v) is 15.6. The van der Waals surface area contributed by atoms with Crippen LogP contribution in [0.3, 0.4) is 0 Å². The third-order valence-electron chi connectivity index (χ3n) is 3.72. The summed E-state index contributed by atoms with van der Waals surface area (Å²) in [6.07, 6.45) is 0.593. The molecule has 2 aromatic rings. The monoisotopic (exact) mass is 352 g/mol. The van der Waals surface area contributed by atoms with E-state index in [4.69, 9.17) is 33.3 Å². The van der Waals surface area contributed by atoms with Crippen molar-refractivity contribution < 1.29 is 9.47 Å². The fraction of sp³-hybridized carbons (Fsp3) is 0.412. The van der Waals surface area contributed by atoms with Crippen LogP contribution in [0, 0.1) is 11.6 Å². The zero-order chi connectivity index (χ0) is 17.1. The van der Waals surface area contributed by atoms with Crippen LogP contribution in [0.1, 0.15) is 42.3 Å². The molecule has 0 unspecified atom stereocenters. The minimum absolute atomic E-state index is 0.333. The summed E-state index contributed by atoms with van der Waals surface area (Å²) >= 11 is 11.7. The highest BCUT2D eigenvalue weighted by Crippen LogP contribution is 2.35. The van der Waals surface area contributed by atoms with Gasteiger partial charge >= 0.3 is 0 Å². The first-order valence-corrected chi connectivity index (χ1v) is 8.16. The Morgan fingerprint density at radius 2 is 1.83 bits per heavy atom. The van der Waals surface area contributed by atoms with Gasteiger partial charge in [-0.3, -0.25) is 0 Å². The third kappa shape index (κ3) is 3.85. The summed E-state index contributed by atoms with van der Waals surface area (Å²) in [5.74, 6) is 2.45. The molecule has 0 saturated heterocycles. The highest BCUT2D eigenvalue weighted by Gasteiger charge is 2.16. The van der Waals surface area contributed by atoms with Gasteiger partial charge in [0.1, 0.15) is 15.6 Å². The highest BCUT2D eigenvalue weighted by atomic mass is 35.5. The maximum absolute atomic E-state index is 6.33. The number of rotatable bonds is 5. The number of halogens is 1. The van der Waals surface area contributed by atoms with Crippen molar-refractivity contribution >= 4 is 23.8 Å². The average Bonchev–Trinajstić information content (AvgIpc) is 2.49. The van der Waals surface area contributed by atoms with Crippen LogP contribution in [0.4, 0.5) is 0 Å². The number of aryl methyl sites for hydroxylation is 1. The van der Waals surface area contributed by atoms with Crippen LogP contribution in [-0.4, -0.2) is 24.2 Å². The Morgan fingerprint density at radius 3 is 2.35 bits per heavy atom. The predicted molar refractivity (Wildman–Crippen MR) is 95.6 cm³/mol. The smallest absolute Gasteiger partial charge is 0.161 e. The van der Waals surface area contributed by atoms with Gasteiger partial charge in [0, 0.05) is 12.0 Å². The van der Waals surface area contributed by atoms with Crippen molar-refractivity contribution in [2.45, 2.75) is 33.1 Å². The molecule has 0 bridgehead atoms. The van der Waals surface area contributed by atoms with E-state index in [0.29, 0.717) is 33.7 Å². The van der Waals surface area contributed by atoms with E-state index in [-0.39, 0.29) is 0 Å². The standard InChI is InChI=1S/C17H21ClN2O2S/c1-9(2)12-8-15(22-5)14(21-4)7-11(12)6-13-16(18)19-10(3)20-17(13)23/h7-9H,6H2,1-5H3,(H,19,20,23). The van der Waals surface area contributed by atoms with E-state index in [2.05, 4.69) is 23.8 Å². The van der Waals surface area contributed by atoms with Gasteiger partial charge in [-0.15, -0.1) is 0 Å². The molecule has 0 atom stereocenters. The molecule has 1 heterocycles. The predicted octanol–water partition coefficient (Wildman–Crippen LogP) is 4.83. The molecule has 6 heteroatoms. The van der Waals surface area contributed by atoms with Crippen molar-refractivity contribution in [2.75, 3.05) is 14.2 Å². The van der Waals surface area contributed by atoms with E-state index >= 15 is 0 Å². The third-order valence-corrected chi connectivity index (χ3v) is 4.38. The molecule has 0 aliphatic rings. The van der Waals surface area contributed by atoms with Crippen LogP contribution >= 0.6 is 23.8 Å². The minimum atomic E-state index is 0.333. The minimum Gasteiger partial charge on any atom is -0.493 e. The Kier molecular flexibility index (Phi) is 5.65. The van der Waals surface area contributed by atoms with Gasteiger partial charge in [-0.25, -0.2) is 4.98 Å². The van der Waals surface area contributed by atoms with Crippen molar-refractivity contribution in [2.24, 2.45) is 0 Å². The molecular formula is C17H21ClN2O2S. The number of methoxy groups -OCH3 is 2. The second-order valence-electron chi connectivity index (χ2n) is 5.66. The summed E-state index contributed by atoms with van der Waals surface area (Å²) in [6.45, 7) is 6.11. The van der Waals surface area contributed by atoms with Gasteiger partial charge in [-0.1, -0.05) is 37.7 Å². The number of hydrogen-bond acceptors (Lipinski definition) is 4. The fourth-order valence-corrected chi connectivity index (χ4v) is 3.21. The number of ether oxygens (including phenoxy) is 2. The molecule has 0 aliphatic heterocycles. The second kappa shape index (κ2) is 7.32. The van der Waals surface area contributed by atoms with Gasteiger partial charge in [0.05, 0.1) is 14.2 Å². The van der Waals surface area contributed by atoms with Crippen LogP contribution in [0.5, 0.6) is 11.5 Å². The summed E-state index contributed by atoms with van der Waals surface area (Å²) in [6, 6.07) is 4.00. The number of benzene rings is 1. The number of nitrogens with zero attached hydrogens (tertiary/aromatic N) is 1. The van der Waals surface area contributed by atoms with E-state index in [1.165, 1.54) is 5.56 Å². The van der Waals surface area contributed by atoms with Crippen LogP contribution in [0.15, 0.2) is 12.1 Å². The average molecular weight is 353 g/mol. The number of aromatic amines is 1. The number of nitrogens with one attached hydrogen (secondary N) is 1. The first-order valence-electron chi connectivity index (χ1n) is 7.37. The van der Waals surface area contributed by atoms with Crippen LogP contribution in [0.2, 0.25) is 5.15 Å². The normalized spacial score (nSPS) is 10.9. The van der Waals surface area contributed by atoms with Gasteiger partial charge < -0.3 is 14.5 Å². The van der Waals surface area contributed by atoms with E-state index in [1.807, 2.05) is 19.1 Å². The summed E-state index contributed by atoms with van der Waals surface area (Å²) < 4.78 is 11.4. The Balaban J connectivity index is 2.57. The maximum Gasteiger partial charge on any atom is 0.161 e. The lowest BCUT2D eigenvalue weighted by molar-refractivity contribution is 0.354. The van der Waals surface area contributed by atoms with Crippen molar-refractivity contribution in [1.82, 2.24) is 9.97 Å². The zero-order valence-electron chi connectivity index (χ0n) is 14.0. The van der Waals surface area contributed by atoms with Crippen LogP contribution in [0.25, 0.3) is 0 Å². The molecule has 0 radical (unpaired) electrons. The summed E-state index contributed by atoms with van der Waals surface area (Å²) in [5, 5.41) is 0.534. The molecule has 0 amide bonds. The number of aromatic nitrogens is 2. The van der Waals surface area contributed by atoms with Crippen molar-refractivity contribution in [3.63, 3.8) is 0 Å². The Bertz CT molecular complexity index is 772. The van der Waals surface area contributed by atoms with E-state index in [0.717, 1.165) is 16.9 Å². The van der Waals surface area contributed by atoms with Gasteiger partial charge in [0.2, 0.25) is 0 Å². The van der Waals surface area contributed by atoms with Gasteiger partial charge in [0.15, 0.2) is 11.5 Å². The van der Waals surface area contributed by atoms with Crippen molar-refractivity contribution in [1.29, 1.82) is 0 Å². The van der Waals surface area contributed by atoms with Crippen LogP contribution < -0.4 is 9.47 Å². The maximum atomic E-state index is 6.33. The van der Waals surface area contributed by atoms with Gasteiger partial charge in [-0.2, -0.15) is 0 Å². The summed E-state index contributed by atoms with van der Waals surface area (Å²) in [7, 11) is 3.27. The lowest BCUT2D eigenvalue weighted by Crippen LogP contribution is -2.04. The number of hydrogen-bond donors (Lipinski definition) is 1. The Labute approximate surface area is 146 Å². The fourth-order valence-electron chi connectivity index (χ4n) is 2.55. The molecule has 1 N–H and O–H groups in total. The first-order chi connectivity index (χ1) is 10.9. The van der Waals surface area contributed by atoms with Crippen LogP contribution in [-0.2, 0) is 6.42 Å². The molecule has 0 saturated carbocycles. The molecule has 124 valence electrons. The van der Waals surface area contributed by atoms with E-state index in [9.17, 15) is 0 Å². The second-order valence-corrected chi connectivity index (χ2v) is 6.42. The topological polar surface area (TPSA) is 47.1 Å². The van der Waals surface area contributed by atoms with Gasteiger partial charge in [0.25, 0.3) is 0 Å². The molecule has 2 rings (SSSR count). The van der Waals surface area contributed by atoms with Gasteiger partial charge in [-0.05, 0) is 36.1 Å². The lowest BCUT2D eigenvalue weighted by Gasteiger charge is -2.18. The quantitative estimate of drug-likeness (QED) is 0.618. The largest absolute Gasteiger partial charge is 0.493 e. The highest BCUT2D eigenvalue weighted by molar-refractivity contribution is 7.71. The molecule has 4 nitrogen and oxygen atoms in total. The molecular weight excluding hydrogens is 332 g/mol. The Hall–Kier alpha value is -1.59.